The summed E-state index contributed by atoms with van der Waals surface area (Å²) in [5, 5.41) is 0. The van der Waals surface area contributed by atoms with Crippen LogP contribution in [0.2, 0.25) is 0 Å². The zero-order chi connectivity index (χ0) is 13.9. The summed E-state index contributed by atoms with van der Waals surface area (Å²) >= 11 is 0. The molecule has 2 atom stereocenters. The highest BCUT2D eigenvalue weighted by molar-refractivity contribution is 5.93. The minimum atomic E-state index is -0.219. The van der Waals surface area contributed by atoms with Crippen molar-refractivity contribution < 1.29 is 4.79 Å². The molecule has 0 radical (unpaired) electrons. The number of carbonyl (C=O) groups excluding carboxylic acids is 1. The fourth-order valence-electron chi connectivity index (χ4n) is 3.83. The standard InChI is InChI=1S/C16H23N3O/c17-18-16(20)14-6-3-4-12(10-14)11-19-9-8-13-5-1-2-7-15(13)19/h3-4,6,10,13,15H,1-2,5,7-9,11,17H2,(H,18,20). The van der Waals surface area contributed by atoms with Crippen LogP contribution < -0.4 is 11.3 Å². The van der Waals surface area contributed by atoms with Crippen molar-refractivity contribution in [3.8, 4) is 0 Å². The van der Waals surface area contributed by atoms with E-state index in [0.29, 0.717) is 5.56 Å². The number of likely N-dealkylation sites (tertiary alicyclic amines) is 1. The second-order valence-electron chi connectivity index (χ2n) is 6.04. The molecule has 1 saturated carbocycles. The average Bonchev–Trinajstić information content (AvgIpc) is 2.90. The van der Waals surface area contributed by atoms with Gasteiger partial charge < -0.3 is 0 Å². The Morgan fingerprint density at radius 3 is 3.00 bits per heavy atom. The maximum absolute atomic E-state index is 11.6. The van der Waals surface area contributed by atoms with E-state index < -0.39 is 0 Å². The van der Waals surface area contributed by atoms with Gasteiger partial charge in [-0.15, -0.1) is 0 Å². The van der Waals surface area contributed by atoms with Gasteiger partial charge in [-0.3, -0.25) is 15.1 Å². The van der Waals surface area contributed by atoms with Gasteiger partial charge in [0, 0.05) is 18.2 Å². The van der Waals surface area contributed by atoms with Crippen molar-refractivity contribution in [2.24, 2.45) is 11.8 Å². The quantitative estimate of drug-likeness (QED) is 0.503. The lowest BCUT2D eigenvalue weighted by Crippen LogP contribution is -2.34. The molecule has 0 spiro atoms. The highest BCUT2D eigenvalue weighted by Crippen LogP contribution is 2.36. The van der Waals surface area contributed by atoms with E-state index in [0.717, 1.165) is 18.5 Å². The molecular weight excluding hydrogens is 250 g/mol. The molecule has 2 aliphatic rings. The molecule has 4 heteroatoms. The molecule has 0 aromatic heterocycles. The highest BCUT2D eigenvalue weighted by Gasteiger charge is 2.35. The van der Waals surface area contributed by atoms with Gasteiger partial charge in [0.1, 0.15) is 0 Å². The Morgan fingerprint density at radius 1 is 1.30 bits per heavy atom. The fraction of sp³-hybridized carbons (Fsp3) is 0.562. The average molecular weight is 273 g/mol. The van der Waals surface area contributed by atoms with Gasteiger partial charge in [-0.2, -0.15) is 0 Å². The second-order valence-corrected chi connectivity index (χ2v) is 6.04. The van der Waals surface area contributed by atoms with Gasteiger partial charge >= 0.3 is 0 Å². The number of nitrogens with two attached hydrogens (primary N) is 1. The Bertz CT molecular complexity index is 488. The van der Waals surface area contributed by atoms with Gasteiger partial charge in [0.05, 0.1) is 0 Å². The molecule has 1 aliphatic carbocycles. The molecule has 1 aromatic rings. The molecular formula is C16H23N3O. The molecule has 1 amide bonds. The molecule has 1 saturated heterocycles. The first-order valence-electron chi connectivity index (χ1n) is 7.62. The number of hydrazine groups is 1. The normalized spacial score (nSPS) is 26.2. The first-order chi connectivity index (χ1) is 9.78. The summed E-state index contributed by atoms with van der Waals surface area (Å²) in [5.41, 5.74) is 4.04. The van der Waals surface area contributed by atoms with Crippen LogP contribution in [0.25, 0.3) is 0 Å². The predicted molar refractivity (Wildman–Crippen MR) is 78.9 cm³/mol. The van der Waals surface area contributed by atoms with E-state index in [1.165, 1.54) is 44.2 Å². The van der Waals surface area contributed by atoms with Crippen LogP contribution in [0.3, 0.4) is 0 Å². The lowest BCUT2D eigenvalue weighted by Gasteiger charge is -2.31. The largest absolute Gasteiger partial charge is 0.296 e. The van der Waals surface area contributed by atoms with Crippen molar-refractivity contribution >= 4 is 5.91 Å². The van der Waals surface area contributed by atoms with Crippen molar-refractivity contribution in [3.05, 3.63) is 35.4 Å². The van der Waals surface area contributed by atoms with Gasteiger partial charge in [-0.05, 0) is 49.4 Å². The number of nitrogens with one attached hydrogen (secondary N) is 1. The van der Waals surface area contributed by atoms with Crippen LogP contribution in [0, 0.1) is 5.92 Å². The Labute approximate surface area is 120 Å². The lowest BCUT2D eigenvalue weighted by atomic mass is 9.85. The lowest BCUT2D eigenvalue weighted by molar-refractivity contribution is 0.0953. The second kappa shape index (κ2) is 5.94. The maximum atomic E-state index is 11.6. The fourth-order valence-corrected chi connectivity index (χ4v) is 3.83. The van der Waals surface area contributed by atoms with E-state index in [9.17, 15) is 4.79 Å². The number of carbonyl (C=O) groups is 1. The van der Waals surface area contributed by atoms with Gasteiger partial charge in [0.25, 0.3) is 5.91 Å². The van der Waals surface area contributed by atoms with E-state index in [4.69, 9.17) is 5.84 Å². The number of benzene rings is 1. The summed E-state index contributed by atoms with van der Waals surface area (Å²) in [6, 6.07) is 8.56. The maximum Gasteiger partial charge on any atom is 0.265 e. The van der Waals surface area contributed by atoms with Crippen LogP contribution in [-0.4, -0.2) is 23.4 Å². The molecule has 0 bridgehead atoms. The third-order valence-corrected chi connectivity index (χ3v) is 4.83. The van der Waals surface area contributed by atoms with Crippen molar-refractivity contribution in [3.63, 3.8) is 0 Å². The summed E-state index contributed by atoms with van der Waals surface area (Å²) in [4.78, 5) is 14.2. The number of rotatable bonds is 3. The topological polar surface area (TPSA) is 58.4 Å². The summed E-state index contributed by atoms with van der Waals surface area (Å²) in [6.45, 7) is 2.15. The molecule has 3 N–H and O–H groups in total. The highest BCUT2D eigenvalue weighted by atomic mass is 16.2. The molecule has 1 aromatic carbocycles. The molecule has 2 fully saturated rings. The summed E-state index contributed by atoms with van der Waals surface area (Å²) in [7, 11) is 0. The van der Waals surface area contributed by atoms with Crippen molar-refractivity contribution in [2.75, 3.05) is 6.54 Å². The summed E-state index contributed by atoms with van der Waals surface area (Å²) in [6.07, 6.45) is 6.85. The Kier molecular flexibility index (Phi) is 4.03. The summed E-state index contributed by atoms with van der Waals surface area (Å²) in [5.74, 6) is 5.88. The van der Waals surface area contributed by atoms with E-state index in [1.54, 1.807) is 6.07 Å². The minimum Gasteiger partial charge on any atom is -0.296 e. The van der Waals surface area contributed by atoms with Crippen molar-refractivity contribution in [1.29, 1.82) is 0 Å². The number of hydrogen-bond donors (Lipinski definition) is 2. The Morgan fingerprint density at radius 2 is 2.15 bits per heavy atom. The van der Waals surface area contributed by atoms with Crippen LogP contribution in [0.15, 0.2) is 24.3 Å². The van der Waals surface area contributed by atoms with E-state index in [-0.39, 0.29) is 5.91 Å². The van der Waals surface area contributed by atoms with E-state index in [2.05, 4.69) is 16.4 Å². The third-order valence-electron chi connectivity index (χ3n) is 4.83. The zero-order valence-corrected chi connectivity index (χ0v) is 11.8. The molecule has 3 rings (SSSR count). The monoisotopic (exact) mass is 273 g/mol. The third kappa shape index (κ3) is 2.72. The van der Waals surface area contributed by atoms with Gasteiger partial charge in [-0.25, -0.2) is 5.84 Å². The number of fused-ring (bicyclic) bond motifs is 1. The van der Waals surface area contributed by atoms with Crippen LogP contribution in [0.5, 0.6) is 0 Å². The van der Waals surface area contributed by atoms with Crippen molar-refractivity contribution in [1.82, 2.24) is 10.3 Å². The number of amides is 1. The molecule has 108 valence electrons. The molecule has 4 nitrogen and oxygen atoms in total. The number of nitrogen functional groups attached to an aromatic ring is 1. The van der Waals surface area contributed by atoms with E-state index >= 15 is 0 Å². The van der Waals surface area contributed by atoms with Gasteiger partial charge in [-0.1, -0.05) is 25.0 Å². The molecule has 1 aliphatic heterocycles. The first kappa shape index (κ1) is 13.6. The van der Waals surface area contributed by atoms with Gasteiger partial charge in [0.2, 0.25) is 0 Å². The number of hydrogen-bond acceptors (Lipinski definition) is 3. The van der Waals surface area contributed by atoms with Crippen molar-refractivity contribution in [2.45, 2.75) is 44.7 Å². The van der Waals surface area contributed by atoms with E-state index in [1.807, 2.05) is 12.1 Å². The van der Waals surface area contributed by atoms with Crippen LogP contribution >= 0.6 is 0 Å². The minimum absolute atomic E-state index is 0.219. The zero-order valence-electron chi connectivity index (χ0n) is 11.8. The van der Waals surface area contributed by atoms with Crippen LogP contribution in [-0.2, 0) is 6.54 Å². The molecule has 2 unspecified atom stereocenters. The van der Waals surface area contributed by atoms with Crippen LogP contribution in [0.1, 0.15) is 48.0 Å². The predicted octanol–water partition coefficient (Wildman–Crippen LogP) is 2.05. The number of nitrogens with zero attached hydrogens (tertiary/aromatic N) is 1. The Hall–Kier alpha value is -1.39. The SMILES string of the molecule is NNC(=O)c1cccc(CN2CCC3CCCCC32)c1. The van der Waals surface area contributed by atoms with Gasteiger partial charge in [0.15, 0.2) is 0 Å². The molecule has 20 heavy (non-hydrogen) atoms. The van der Waals surface area contributed by atoms with Crippen LogP contribution in [0.4, 0.5) is 0 Å². The smallest absolute Gasteiger partial charge is 0.265 e. The molecule has 1 heterocycles. The summed E-state index contributed by atoms with van der Waals surface area (Å²) < 4.78 is 0. The first-order valence-corrected chi connectivity index (χ1v) is 7.62. The Balaban J connectivity index is 1.70.